The first-order valence-corrected chi connectivity index (χ1v) is 23.0. The number of rotatable bonds is 6. The molecular formula is C63H40N4. The summed E-state index contributed by atoms with van der Waals surface area (Å²) in [7, 11) is 0. The Labute approximate surface area is 386 Å². The Morgan fingerprint density at radius 3 is 1.63 bits per heavy atom. The monoisotopic (exact) mass is 852 g/mol. The number of hydrogen-bond acceptors (Lipinski definition) is 4. The first-order valence-electron chi connectivity index (χ1n) is 23.0. The van der Waals surface area contributed by atoms with Crippen molar-refractivity contribution in [3.63, 3.8) is 0 Å². The van der Waals surface area contributed by atoms with Crippen LogP contribution in [0.3, 0.4) is 0 Å². The zero-order chi connectivity index (χ0) is 44.2. The van der Waals surface area contributed by atoms with Gasteiger partial charge in [-0.25, -0.2) is 9.97 Å². The first-order chi connectivity index (χ1) is 33.0. The number of fused-ring (bicyclic) bond motifs is 1. The lowest BCUT2D eigenvalue weighted by Gasteiger charge is -2.29. The molecule has 0 fully saturated rings. The average molecular weight is 853 g/mol. The average Bonchev–Trinajstić information content (AvgIpc) is 3.39. The molecule has 0 bridgehead atoms. The maximum Gasteiger partial charge on any atom is 0.160 e. The van der Waals surface area contributed by atoms with E-state index in [0.717, 1.165) is 61.2 Å². The molecule has 1 atom stereocenters. The molecule has 14 rings (SSSR count). The quantitative estimate of drug-likeness (QED) is 0.169. The number of hydrogen-bond donors (Lipinski definition) is 1. The highest BCUT2D eigenvalue weighted by molar-refractivity contribution is 6.28. The van der Waals surface area contributed by atoms with Crippen molar-refractivity contribution in [3.8, 4) is 56.2 Å². The zero-order valence-corrected chi connectivity index (χ0v) is 36.6. The predicted octanol–water partition coefficient (Wildman–Crippen LogP) is 16.0. The molecule has 0 radical (unpaired) electrons. The Morgan fingerprint density at radius 1 is 0.418 bits per heavy atom. The Hall–Kier alpha value is -8.73. The summed E-state index contributed by atoms with van der Waals surface area (Å²) < 4.78 is 0. The van der Waals surface area contributed by atoms with E-state index >= 15 is 0 Å². The van der Waals surface area contributed by atoms with Crippen LogP contribution in [-0.2, 0) is 5.54 Å². The number of allylic oxidation sites excluding steroid dienone is 2. The summed E-state index contributed by atoms with van der Waals surface area (Å²) >= 11 is 0. The molecule has 1 aliphatic heterocycles. The van der Waals surface area contributed by atoms with Crippen LogP contribution >= 0.6 is 0 Å². The lowest BCUT2D eigenvalue weighted by Crippen LogP contribution is -2.35. The van der Waals surface area contributed by atoms with Crippen molar-refractivity contribution in [2.75, 3.05) is 0 Å². The lowest BCUT2D eigenvalue weighted by molar-refractivity contribution is 0.524. The van der Waals surface area contributed by atoms with E-state index < -0.39 is 0 Å². The molecule has 2 aromatic heterocycles. The fraction of sp³-hybridized carbons (Fsp3) is 0.0317. The summed E-state index contributed by atoms with van der Waals surface area (Å²) in [6.45, 7) is 2.20. The topological polar surface area (TPSA) is 50.7 Å². The SMILES string of the molecule is CC1(c2ccc(-c3nc(-c4ccc(-c5ccccn5)cc4)c4cc(-c5ccc6ccc7cccc8ccc5c6c78)cc(-c5ccc6ccc7cccc8ccc5c6c78)c4n3)cc2)C=CC=CN1. The number of nitrogens with zero attached hydrogens (tertiary/aromatic N) is 3. The van der Waals surface area contributed by atoms with E-state index in [0.29, 0.717) is 5.82 Å². The molecule has 0 saturated heterocycles. The zero-order valence-electron chi connectivity index (χ0n) is 36.6. The van der Waals surface area contributed by atoms with Gasteiger partial charge in [0.2, 0.25) is 0 Å². The number of benzene rings is 11. The Morgan fingerprint density at radius 2 is 1.00 bits per heavy atom. The van der Waals surface area contributed by atoms with Crippen molar-refractivity contribution in [1.82, 2.24) is 20.3 Å². The summed E-state index contributed by atoms with van der Waals surface area (Å²) in [5, 5.41) is 19.6. The number of aromatic nitrogens is 3. The molecule has 11 aromatic carbocycles. The van der Waals surface area contributed by atoms with Gasteiger partial charge in [0, 0.05) is 33.8 Å². The maximum atomic E-state index is 5.64. The van der Waals surface area contributed by atoms with Crippen LogP contribution in [0.1, 0.15) is 12.5 Å². The van der Waals surface area contributed by atoms with Gasteiger partial charge in [-0.05, 0) is 130 Å². The van der Waals surface area contributed by atoms with Crippen molar-refractivity contribution in [3.05, 3.63) is 224 Å². The van der Waals surface area contributed by atoms with Crippen molar-refractivity contribution in [1.29, 1.82) is 0 Å². The molecule has 1 N–H and O–H groups in total. The summed E-state index contributed by atoms with van der Waals surface area (Å²) in [5.41, 5.74) is 11.1. The Kier molecular flexibility index (Phi) is 8.08. The van der Waals surface area contributed by atoms with Gasteiger partial charge in [-0.3, -0.25) is 4.98 Å². The van der Waals surface area contributed by atoms with Gasteiger partial charge in [-0.1, -0.05) is 176 Å². The van der Waals surface area contributed by atoms with E-state index in [9.17, 15) is 0 Å². The van der Waals surface area contributed by atoms with Gasteiger partial charge in [0.05, 0.1) is 22.4 Å². The molecule has 13 aromatic rings. The van der Waals surface area contributed by atoms with Crippen LogP contribution in [0.4, 0.5) is 0 Å². The summed E-state index contributed by atoms with van der Waals surface area (Å²) in [4.78, 5) is 15.9. The standard InChI is InChI=1S/C63H40N4/c1-63(33-3-5-35-65-63)48-27-21-46(22-28-48)62-66-60(45-19-13-38(14-20-45)55-12-2-4-34-64-55)54-37-47(49-29-23-43-17-15-39-8-6-10-41-25-31-51(49)58(43)56(39)41)36-53(61(54)67-62)50-30-24-44-18-16-40-9-7-11-42-26-32-52(50)59(44)57(40)42/h2-37,65H,1H3. The van der Waals surface area contributed by atoms with Crippen molar-refractivity contribution < 1.29 is 0 Å². The second-order valence-electron chi connectivity index (χ2n) is 18.2. The van der Waals surface area contributed by atoms with Crippen LogP contribution in [-0.4, -0.2) is 15.0 Å². The van der Waals surface area contributed by atoms with Crippen LogP contribution < -0.4 is 5.32 Å². The van der Waals surface area contributed by atoms with Gasteiger partial charge in [0.1, 0.15) is 0 Å². The first kappa shape index (κ1) is 37.6. The van der Waals surface area contributed by atoms with Crippen LogP contribution in [0.15, 0.2) is 219 Å². The Bertz CT molecular complexity index is 4140. The highest BCUT2D eigenvalue weighted by atomic mass is 14.9. The summed E-state index contributed by atoms with van der Waals surface area (Å²) in [6, 6.07) is 68.8. The van der Waals surface area contributed by atoms with Crippen LogP contribution in [0, 0.1) is 0 Å². The fourth-order valence-corrected chi connectivity index (χ4v) is 10.9. The molecule has 0 spiro atoms. The van der Waals surface area contributed by atoms with Gasteiger partial charge >= 0.3 is 0 Å². The molecule has 4 heteroatoms. The second-order valence-corrected chi connectivity index (χ2v) is 18.2. The summed E-state index contributed by atoms with van der Waals surface area (Å²) in [5.74, 6) is 0.675. The van der Waals surface area contributed by atoms with Crippen molar-refractivity contribution >= 4 is 75.5 Å². The van der Waals surface area contributed by atoms with Crippen LogP contribution in [0.2, 0.25) is 0 Å². The minimum absolute atomic E-state index is 0.318. The van der Waals surface area contributed by atoms with Gasteiger partial charge in [0.15, 0.2) is 5.82 Å². The molecule has 3 heterocycles. The number of nitrogens with one attached hydrogen (secondary N) is 1. The van der Waals surface area contributed by atoms with Crippen molar-refractivity contribution in [2.45, 2.75) is 12.5 Å². The predicted molar refractivity (Wildman–Crippen MR) is 281 cm³/mol. The number of pyridine rings is 1. The largest absolute Gasteiger partial charge is 0.378 e. The van der Waals surface area contributed by atoms with Gasteiger partial charge in [0.25, 0.3) is 0 Å². The van der Waals surface area contributed by atoms with E-state index in [1.807, 2.05) is 30.6 Å². The third kappa shape index (κ3) is 5.83. The molecule has 0 saturated carbocycles. The van der Waals surface area contributed by atoms with E-state index in [-0.39, 0.29) is 5.54 Å². The van der Waals surface area contributed by atoms with Crippen LogP contribution in [0.25, 0.3) is 132 Å². The van der Waals surface area contributed by atoms with E-state index in [2.05, 4.69) is 205 Å². The van der Waals surface area contributed by atoms with Gasteiger partial charge < -0.3 is 5.32 Å². The third-order valence-corrected chi connectivity index (χ3v) is 14.3. The minimum Gasteiger partial charge on any atom is -0.378 e. The molecule has 312 valence electrons. The smallest absolute Gasteiger partial charge is 0.160 e. The van der Waals surface area contributed by atoms with Gasteiger partial charge in [-0.15, -0.1) is 0 Å². The Balaban J connectivity index is 1.08. The minimum atomic E-state index is -0.318. The maximum absolute atomic E-state index is 5.64. The fourth-order valence-electron chi connectivity index (χ4n) is 10.9. The second kappa shape index (κ2) is 14.4. The third-order valence-electron chi connectivity index (χ3n) is 14.3. The molecule has 67 heavy (non-hydrogen) atoms. The lowest BCUT2D eigenvalue weighted by atomic mass is 9.86. The molecular weight excluding hydrogens is 813 g/mol. The molecule has 1 aliphatic rings. The molecule has 0 amide bonds. The van der Waals surface area contributed by atoms with E-state index in [1.165, 1.54) is 70.2 Å². The highest BCUT2D eigenvalue weighted by Crippen LogP contribution is 2.46. The van der Waals surface area contributed by atoms with Crippen molar-refractivity contribution in [2.24, 2.45) is 0 Å². The molecule has 0 aliphatic carbocycles. The highest BCUT2D eigenvalue weighted by Gasteiger charge is 2.25. The van der Waals surface area contributed by atoms with Gasteiger partial charge in [-0.2, -0.15) is 0 Å². The summed E-state index contributed by atoms with van der Waals surface area (Å²) in [6.07, 6.45) is 10.2. The normalized spacial score (nSPS) is 15.0. The number of dihydropyridines is 1. The van der Waals surface area contributed by atoms with E-state index in [1.54, 1.807) is 0 Å². The molecule has 1 unspecified atom stereocenters. The molecule has 4 nitrogen and oxygen atoms in total. The van der Waals surface area contributed by atoms with Crippen LogP contribution in [0.5, 0.6) is 0 Å². The van der Waals surface area contributed by atoms with E-state index in [4.69, 9.17) is 9.97 Å².